The number of aromatic nitrogens is 2. The number of rotatable bonds is 3. The van der Waals surface area contributed by atoms with Crippen LogP contribution in [0.15, 0.2) is 12.5 Å². The summed E-state index contributed by atoms with van der Waals surface area (Å²) in [5.74, 6) is 0.576. The van der Waals surface area contributed by atoms with E-state index in [1.807, 2.05) is 6.33 Å². The van der Waals surface area contributed by atoms with E-state index in [9.17, 15) is 0 Å². The molecular weight excluding hydrogens is 216 g/mol. The molecule has 2 heterocycles. The van der Waals surface area contributed by atoms with Crippen molar-refractivity contribution in [3.63, 3.8) is 0 Å². The number of aliphatic hydroxyl groups excluding tert-OH is 1. The molecule has 2 rings (SSSR count). The van der Waals surface area contributed by atoms with Crippen molar-refractivity contribution in [2.24, 2.45) is 11.7 Å². The highest BCUT2D eigenvalue weighted by molar-refractivity contribution is 5.07. The summed E-state index contributed by atoms with van der Waals surface area (Å²) >= 11 is 0. The van der Waals surface area contributed by atoms with Crippen LogP contribution in [0.25, 0.3) is 0 Å². The van der Waals surface area contributed by atoms with E-state index in [1.165, 1.54) is 0 Å². The zero-order valence-electron chi connectivity index (χ0n) is 10.6. The Bertz CT molecular complexity index is 365. The highest BCUT2D eigenvalue weighted by Gasteiger charge is 2.27. The molecule has 1 fully saturated rings. The van der Waals surface area contributed by atoms with Crippen LogP contribution in [0.2, 0.25) is 0 Å². The fourth-order valence-corrected chi connectivity index (χ4v) is 2.73. The van der Waals surface area contributed by atoms with Crippen LogP contribution in [0.3, 0.4) is 0 Å². The van der Waals surface area contributed by atoms with Crippen LogP contribution in [0.5, 0.6) is 0 Å². The standard InChI is InChI=1S/C12H22N4O/c1-9-6-15(2)4-3-11(9)16-8-14-5-12(16)10(13)7-17/h5,8-11,17H,3-4,6-7,13H2,1-2H3. The van der Waals surface area contributed by atoms with E-state index in [0.29, 0.717) is 12.0 Å². The summed E-state index contributed by atoms with van der Waals surface area (Å²) in [5.41, 5.74) is 6.84. The van der Waals surface area contributed by atoms with Gasteiger partial charge in [0.05, 0.1) is 24.7 Å². The van der Waals surface area contributed by atoms with Crippen LogP contribution in [0.4, 0.5) is 0 Å². The number of hydrogen-bond donors (Lipinski definition) is 2. The van der Waals surface area contributed by atoms with Crippen molar-refractivity contribution in [1.29, 1.82) is 0 Å². The Kier molecular flexibility index (Phi) is 3.81. The minimum atomic E-state index is -0.329. The second-order valence-corrected chi connectivity index (χ2v) is 5.11. The first-order valence-corrected chi connectivity index (χ1v) is 6.20. The van der Waals surface area contributed by atoms with Crippen molar-refractivity contribution >= 4 is 0 Å². The predicted octanol–water partition coefficient (Wildman–Crippen LogP) is 0.388. The molecule has 1 aromatic rings. The summed E-state index contributed by atoms with van der Waals surface area (Å²) in [6.07, 6.45) is 4.72. The normalized spacial score (nSPS) is 28.2. The maximum absolute atomic E-state index is 9.16. The third-order valence-corrected chi connectivity index (χ3v) is 3.69. The quantitative estimate of drug-likeness (QED) is 0.799. The molecule has 0 spiro atoms. The first-order valence-electron chi connectivity index (χ1n) is 6.20. The van der Waals surface area contributed by atoms with Gasteiger partial charge in [0.25, 0.3) is 0 Å². The number of hydrogen-bond acceptors (Lipinski definition) is 4. The Hall–Kier alpha value is -0.910. The monoisotopic (exact) mass is 238 g/mol. The number of piperidine rings is 1. The van der Waals surface area contributed by atoms with Gasteiger partial charge in [-0.15, -0.1) is 0 Å². The molecule has 0 saturated carbocycles. The van der Waals surface area contributed by atoms with Crippen molar-refractivity contribution in [3.05, 3.63) is 18.2 Å². The van der Waals surface area contributed by atoms with Crippen LogP contribution in [0, 0.1) is 5.92 Å². The zero-order chi connectivity index (χ0) is 12.4. The Balaban J connectivity index is 2.19. The Labute approximate surface area is 102 Å². The maximum Gasteiger partial charge on any atom is 0.0951 e. The van der Waals surface area contributed by atoms with Crippen LogP contribution >= 0.6 is 0 Å². The van der Waals surface area contributed by atoms with E-state index in [0.717, 1.165) is 25.2 Å². The van der Waals surface area contributed by atoms with E-state index >= 15 is 0 Å². The largest absolute Gasteiger partial charge is 0.394 e. The van der Waals surface area contributed by atoms with Crippen molar-refractivity contribution in [2.45, 2.75) is 25.4 Å². The van der Waals surface area contributed by atoms with E-state index < -0.39 is 0 Å². The fraction of sp³-hybridized carbons (Fsp3) is 0.750. The number of likely N-dealkylation sites (tertiary alicyclic amines) is 1. The van der Waals surface area contributed by atoms with Crippen molar-refractivity contribution in [2.75, 3.05) is 26.7 Å². The third-order valence-electron chi connectivity index (χ3n) is 3.69. The summed E-state index contributed by atoms with van der Waals surface area (Å²) < 4.78 is 2.15. The number of nitrogens with two attached hydrogens (primary N) is 1. The van der Waals surface area contributed by atoms with Gasteiger partial charge in [0.1, 0.15) is 0 Å². The summed E-state index contributed by atoms with van der Waals surface area (Å²) in [5, 5.41) is 9.16. The van der Waals surface area contributed by atoms with Crippen LogP contribution in [-0.2, 0) is 0 Å². The molecule has 0 bridgehead atoms. The van der Waals surface area contributed by atoms with E-state index in [2.05, 4.69) is 28.4 Å². The lowest BCUT2D eigenvalue weighted by Gasteiger charge is -2.36. The van der Waals surface area contributed by atoms with Gasteiger partial charge < -0.3 is 20.3 Å². The summed E-state index contributed by atoms with van der Waals surface area (Å²) in [7, 11) is 2.15. The van der Waals surface area contributed by atoms with Gasteiger partial charge in [-0.25, -0.2) is 4.98 Å². The molecule has 17 heavy (non-hydrogen) atoms. The number of nitrogens with zero attached hydrogens (tertiary/aromatic N) is 3. The summed E-state index contributed by atoms with van der Waals surface area (Å²) in [6.45, 7) is 4.42. The molecular formula is C12H22N4O. The van der Waals surface area contributed by atoms with E-state index in [-0.39, 0.29) is 12.6 Å². The first kappa shape index (κ1) is 12.5. The highest BCUT2D eigenvalue weighted by Crippen LogP contribution is 2.29. The molecule has 1 aliphatic rings. The van der Waals surface area contributed by atoms with Crippen molar-refractivity contribution in [1.82, 2.24) is 14.5 Å². The van der Waals surface area contributed by atoms with E-state index in [1.54, 1.807) is 6.20 Å². The topological polar surface area (TPSA) is 67.3 Å². The number of aliphatic hydroxyl groups is 1. The van der Waals surface area contributed by atoms with Crippen LogP contribution < -0.4 is 5.73 Å². The minimum Gasteiger partial charge on any atom is -0.394 e. The molecule has 5 heteroatoms. The second kappa shape index (κ2) is 5.16. The molecule has 0 aliphatic carbocycles. The SMILES string of the molecule is CC1CN(C)CCC1n1cncc1C(N)CO. The molecule has 1 aliphatic heterocycles. The lowest BCUT2D eigenvalue weighted by atomic mass is 9.93. The van der Waals surface area contributed by atoms with Crippen molar-refractivity contribution < 1.29 is 5.11 Å². The van der Waals surface area contributed by atoms with Crippen LogP contribution in [0.1, 0.15) is 31.1 Å². The minimum absolute atomic E-state index is 0.0350. The average Bonchev–Trinajstić information content (AvgIpc) is 2.77. The summed E-state index contributed by atoms with van der Waals surface area (Å²) in [4.78, 5) is 6.53. The zero-order valence-corrected chi connectivity index (χ0v) is 10.6. The molecule has 1 saturated heterocycles. The smallest absolute Gasteiger partial charge is 0.0951 e. The molecule has 96 valence electrons. The van der Waals surface area contributed by atoms with E-state index in [4.69, 9.17) is 10.8 Å². The Morgan fingerprint density at radius 2 is 2.41 bits per heavy atom. The lowest BCUT2D eigenvalue weighted by Crippen LogP contribution is -2.38. The molecule has 3 atom stereocenters. The van der Waals surface area contributed by atoms with Gasteiger partial charge in [-0.2, -0.15) is 0 Å². The van der Waals surface area contributed by atoms with Gasteiger partial charge in [-0.1, -0.05) is 6.92 Å². The van der Waals surface area contributed by atoms with Crippen LogP contribution in [-0.4, -0.2) is 46.3 Å². The molecule has 0 radical (unpaired) electrons. The molecule has 3 N–H and O–H groups in total. The lowest BCUT2D eigenvalue weighted by molar-refractivity contribution is 0.154. The van der Waals surface area contributed by atoms with Gasteiger partial charge in [-0.3, -0.25) is 0 Å². The van der Waals surface area contributed by atoms with Gasteiger partial charge >= 0.3 is 0 Å². The molecule has 3 unspecified atom stereocenters. The molecule has 0 amide bonds. The first-order chi connectivity index (χ1) is 8.13. The molecule has 0 aromatic carbocycles. The van der Waals surface area contributed by atoms with Gasteiger partial charge in [0.15, 0.2) is 0 Å². The molecule has 5 nitrogen and oxygen atoms in total. The highest BCUT2D eigenvalue weighted by atomic mass is 16.3. The predicted molar refractivity (Wildman–Crippen MR) is 66.6 cm³/mol. The van der Waals surface area contributed by atoms with Crippen molar-refractivity contribution in [3.8, 4) is 0 Å². The Morgan fingerprint density at radius 3 is 3.06 bits per heavy atom. The molecule has 1 aromatic heterocycles. The second-order valence-electron chi connectivity index (χ2n) is 5.11. The summed E-state index contributed by atoms with van der Waals surface area (Å²) in [6, 6.07) is 0.116. The fourth-order valence-electron chi connectivity index (χ4n) is 2.73. The Morgan fingerprint density at radius 1 is 1.65 bits per heavy atom. The van der Waals surface area contributed by atoms with Gasteiger partial charge in [0, 0.05) is 18.8 Å². The number of imidazole rings is 1. The average molecular weight is 238 g/mol. The van der Waals surface area contributed by atoms with Gasteiger partial charge in [-0.05, 0) is 25.9 Å². The maximum atomic E-state index is 9.16. The third kappa shape index (κ3) is 2.51. The van der Waals surface area contributed by atoms with Gasteiger partial charge in [0.2, 0.25) is 0 Å².